The Labute approximate surface area is 121 Å². The maximum absolute atomic E-state index is 12.1. The summed E-state index contributed by atoms with van der Waals surface area (Å²) in [5.74, 6) is -0.176. The van der Waals surface area contributed by atoms with Crippen LogP contribution in [-0.4, -0.2) is 21.9 Å². The fourth-order valence-corrected chi connectivity index (χ4v) is 2.29. The molecule has 0 atom stereocenters. The first-order chi connectivity index (χ1) is 9.10. The zero-order valence-electron chi connectivity index (χ0n) is 10.7. The molecular weight excluding hydrogens is 282 g/mol. The van der Waals surface area contributed by atoms with Crippen molar-refractivity contribution in [3.63, 3.8) is 0 Å². The molecule has 4 nitrogen and oxygen atoms in total. The molecule has 0 saturated heterocycles. The number of halogens is 1. The molecule has 0 spiro atoms. The molecule has 6 heteroatoms. The number of hydrogen-bond donors (Lipinski definition) is 1. The number of nitrogens with zero attached hydrogens (tertiary/aromatic N) is 2. The molecule has 1 heterocycles. The third kappa shape index (κ3) is 3.52. The summed E-state index contributed by atoms with van der Waals surface area (Å²) in [4.78, 5) is 13.1. The van der Waals surface area contributed by atoms with Crippen molar-refractivity contribution in [1.29, 1.82) is 0 Å². The lowest BCUT2D eigenvalue weighted by molar-refractivity contribution is 0.0951. The van der Waals surface area contributed by atoms with Crippen LogP contribution in [0.15, 0.2) is 35.5 Å². The lowest BCUT2D eigenvalue weighted by Gasteiger charge is -2.07. The minimum absolute atomic E-state index is 0.176. The number of carbonyl (C=O) groups is 1. The van der Waals surface area contributed by atoms with Gasteiger partial charge in [0.05, 0.1) is 16.8 Å². The Balaban J connectivity index is 2.07. The Bertz CT molecular complexity index is 597. The Morgan fingerprint density at radius 3 is 2.95 bits per heavy atom. The monoisotopic (exact) mass is 295 g/mol. The average Bonchev–Trinajstić information content (AvgIpc) is 2.82. The molecule has 0 saturated carbocycles. The molecule has 0 fully saturated rings. The summed E-state index contributed by atoms with van der Waals surface area (Å²) in [7, 11) is 1.84. The molecule has 0 radical (unpaired) electrons. The molecule has 100 valence electrons. The highest BCUT2D eigenvalue weighted by Crippen LogP contribution is 2.22. The van der Waals surface area contributed by atoms with Gasteiger partial charge in [-0.3, -0.25) is 9.48 Å². The van der Waals surface area contributed by atoms with E-state index in [1.165, 1.54) is 0 Å². The largest absolute Gasteiger partial charge is 0.348 e. The van der Waals surface area contributed by atoms with Crippen LogP contribution in [0.5, 0.6) is 0 Å². The second kappa shape index (κ2) is 6.12. The Hall–Kier alpha value is -1.46. The molecule has 0 aliphatic rings. The van der Waals surface area contributed by atoms with Crippen LogP contribution in [0.25, 0.3) is 0 Å². The van der Waals surface area contributed by atoms with E-state index in [0.717, 1.165) is 10.5 Å². The van der Waals surface area contributed by atoms with Crippen molar-refractivity contribution in [3.05, 3.63) is 46.7 Å². The number of rotatable bonds is 4. The van der Waals surface area contributed by atoms with Gasteiger partial charge in [0, 0.05) is 30.2 Å². The predicted octanol–water partition coefficient (Wildman–Crippen LogP) is 2.73. The second-order valence-corrected chi connectivity index (χ2v) is 5.34. The van der Waals surface area contributed by atoms with Gasteiger partial charge in [0.1, 0.15) is 0 Å². The fourth-order valence-electron chi connectivity index (χ4n) is 1.65. The lowest BCUT2D eigenvalue weighted by Crippen LogP contribution is -2.23. The summed E-state index contributed by atoms with van der Waals surface area (Å²) in [6.45, 7) is 0.437. The number of benzene rings is 1. The highest BCUT2D eigenvalue weighted by atomic mass is 35.5. The quantitative estimate of drug-likeness (QED) is 0.882. The smallest absolute Gasteiger partial charge is 0.253 e. The van der Waals surface area contributed by atoms with Crippen molar-refractivity contribution in [2.45, 2.75) is 11.4 Å². The van der Waals surface area contributed by atoms with Gasteiger partial charge in [-0.1, -0.05) is 11.6 Å². The van der Waals surface area contributed by atoms with Crippen molar-refractivity contribution in [1.82, 2.24) is 15.1 Å². The Morgan fingerprint density at radius 1 is 1.53 bits per heavy atom. The van der Waals surface area contributed by atoms with E-state index in [9.17, 15) is 4.79 Å². The molecule has 1 N–H and O–H groups in total. The number of carbonyl (C=O) groups excluding carboxylic acids is 1. The summed E-state index contributed by atoms with van der Waals surface area (Å²) < 4.78 is 1.70. The first-order valence-corrected chi connectivity index (χ1v) is 7.29. The van der Waals surface area contributed by atoms with Crippen LogP contribution in [0, 0.1) is 0 Å². The molecule has 0 aliphatic heterocycles. The second-order valence-electron chi connectivity index (χ2n) is 4.05. The molecule has 1 aromatic heterocycles. The van der Waals surface area contributed by atoms with E-state index in [4.69, 9.17) is 11.6 Å². The molecule has 2 aromatic rings. The standard InChI is InChI=1S/C13H14ClN3OS/c1-17-8-9(7-16-17)6-15-13(18)11-5-10(19-2)3-4-12(11)14/h3-5,7-8H,6H2,1-2H3,(H,15,18). The van der Waals surface area contributed by atoms with Crippen molar-refractivity contribution >= 4 is 29.3 Å². The molecule has 19 heavy (non-hydrogen) atoms. The van der Waals surface area contributed by atoms with Crippen molar-refractivity contribution in [3.8, 4) is 0 Å². The van der Waals surface area contributed by atoms with Crippen molar-refractivity contribution in [2.24, 2.45) is 7.05 Å². The van der Waals surface area contributed by atoms with Gasteiger partial charge in [-0.2, -0.15) is 5.10 Å². The van der Waals surface area contributed by atoms with E-state index >= 15 is 0 Å². The van der Waals surface area contributed by atoms with E-state index in [0.29, 0.717) is 17.1 Å². The normalized spacial score (nSPS) is 10.5. The lowest BCUT2D eigenvalue weighted by atomic mass is 10.2. The van der Waals surface area contributed by atoms with Crippen LogP contribution in [0.2, 0.25) is 5.02 Å². The van der Waals surface area contributed by atoms with Crippen LogP contribution in [0.3, 0.4) is 0 Å². The number of aryl methyl sites for hydroxylation is 1. The zero-order chi connectivity index (χ0) is 13.8. The summed E-state index contributed by atoms with van der Waals surface area (Å²) in [6.07, 6.45) is 5.54. The van der Waals surface area contributed by atoms with E-state index in [2.05, 4.69) is 10.4 Å². The predicted molar refractivity (Wildman–Crippen MR) is 77.6 cm³/mol. The highest BCUT2D eigenvalue weighted by molar-refractivity contribution is 7.98. The minimum atomic E-state index is -0.176. The first kappa shape index (κ1) is 14.0. The summed E-state index contributed by atoms with van der Waals surface area (Å²) in [5.41, 5.74) is 1.45. The van der Waals surface area contributed by atoms with Crippen LogP contribution in [0.4, 0.5) is 0 Å². The molecule has 1 aromatic carbocycles. The first-order valence-electron chi connectivity index (χ1n) is 5.69. The SMILES string of the molecule is CSc1ccc(Cl)c(C(=O)NCc2cnn(C)c2)c1. The topological polar surface area (TPSA) is 46.9 Å². The maximum atomic E-state index is 12.1. The number of amides is 1. The van der Waals surface area contributed by atoms with Gasteiger partial charge in [0.2, 0.25) is 0 Å². The fraction of sp³-hybridized carbons (Fsp3) is 0.231. The number of thioether (sulfide) groups is 1. The van der Waals surface area contributed by atoms with Gasteiger partial charge in [-0.05, 0) is 24.5 Å². The van der Waals surface area contributed by atoms with Gasteiger partial charge >= 0.3 is 0 Å². The van der Waals surface area contributed by atoms with Crippen LogP contribution < -0.4 is 5.32 Å². The van der Waals surface area contributed by atoms with Gasteiger partial charge in [0.25, 0.3) is 5.91 Å². The number of nitrogens with one attached hydrogen (secondary N) is 1. The zero-order valence-corrected chi connectivity index (χ0v) is 12.3. The van der Waals surface area contributed by atoms with E-state index < -0.39 is 0 Å². The maximum Gasteiger partial charge on any atom is 0.253 e. The molecule has 0 aliphatic carbocycles. The summed E-state index contributed by atoms with van der Waals surface area (Å²) in [5, 5.41) is 7.34. The summed E-state index contributed by atoms with van der Waals surface area (Å²) in [6, 6.07) is 5.43. The van der Waals surface area contributed by atoms with Crippen LogP contribution >= 0.6 is 23.4 Å². The molecule has 1 amide bonds. The van der Waals surface area contributed by atoms with Gasteiger partial charge in [-0.15, -0.1) is 11.8 Å². The third-order valence-electron chi connectivity index (χ3n) is 2.63. The Kier molecular flexibility index (Phi) is 4.50. The van der Waals surface area contributed by atoms with E-state index in [1.54, 1.807) is 34.8 Å². The van der Waals surface area contributed by atoms with E-state index in [-0.39, 0.29) is 5.91 Å². The average molecular weight is 296 g/mol. The van der Waals surface area contributed by atoms with Gasteiger partial charge in [-0.25, -0.2) is 0 Å². The highest BCUT2D eigenvalue weighted by Gasteiger charge is 2.11. The minimum Gasteiger partial charge on any atom is -0.348 e. The number of aromatic nitrogens is 2. The molecule has 0 bridgehead atoms. The van der Waals surface area contributed by atoms with Crippen LogP contribution in [-0.2, 0) is 13.6 Å². The third-order valence-corrected chi connectivity index (χ3v) is 3.68. The molecule has 0 unspecified atom stereocenters. The van der Waals surface area contributed by atoms with Gasteiger partial charge < -0.3 is 5.32 Å². The summed E-state index contributed by atoms with van der Waals surface area (Å²) >= 11 is 7.62. The van der Waals surface area contributed by atoms with E-state index in [1.807, 2.05) is 25.6 Å². The molecule has 2 rings (SSSR count). The van der Waals surface area contributed by atoms with Crippen molar-refractivity contribution in [2.75, 3.05) is 6.26 Å². The Morgan fingerprint density at radius 2 is 2.32 bits per heavy atom. The molecular formula is C13H14ClN3OS. The van der Waals surface area contributed by atoms with Crippen molar-refractivity contribution < 1.29 is 4.79 Å². The van der Waals surface area contributed by atoms with Crippen LogP contribution in [0.1, 0.15) is 15.9 Å². The number of hydrogen-bond acceptors (Lipinski definition) is 3. The van der Waals surface area contributed by atoms with Gasteiger partial charge in [0.15, 0.2) is 0 Å².